The van der Waals surface area contributed by atoms with E-state index in [-0.39, 0.29) is 0 Å². The van der Waals surface area contributed by atoms with Crippen LogP contribution in [0.2, 0.25) is 0 Å². The first-order valence-electron chi connectivity index (χ1n) is 5.00. The van der Waals surface area contributed by atoms with E-state index in [4.69, 9.17) is 0 Å². The first-order chi connectivity index (χ1) is 6.84. The van der Waals surface area contributed by atoms with E-state index in [1.165, 1.54) is 35.2 Å². The lowest BCUT2D eigenvalue weighted by Crippen LogP contribution is -2.31. The van der Waals surface area contributed by atoms with Gasteiger partial charge in [0.2, 0.25) is 0 Å². The van der Waals surface area contributed by atoms with Gasteiger partial charge in [-0.1, -0.05) is 12.5 Å². The van der Waals surface area contributed by atoms with Crippen molar-refractivity contribution in [3.8, 4) is 0 Å². The van der Waals surface area contributed by atoms with E-state index in [1.807, 2.05) is 0 Å². The van der Waals surface area contributed by atoms with Crippen molar-refractivity contribution < 1.29 is 0 Å². The highest BCUT2D eigenvalue weighted by atomic mass is 79.9. The van der Waals surface area contributed by atoms with Crippen molar-refractivity contribution in [2.75, 3.05) is 6.54 Å². The van der Waals surface area contributed by atoms with E-state index in [0.29, 0.717) is 6.04 Å². The van der Waals surface area contributed by atoms with Gasteiger partial charge >= 0.3 is 0 Å². The second-order valence-electron chi connectivity index (χ2n) is 3.58. The van der Waals surface area contributed by atoms with Crippen LogP contribution in [0.5, 0.6) is 0 Å². The van der Waals surface area contributed by atoms with Crippen molar-refractivity contribution in [3.63, 3.8) is 0 Å². The quantitative estimate of drug-likeness (QED) is 0.866. The first kappa shape index (κ1) is 10.4. The Balaban J connectivity index is 1.92. The first-order valence-corrected chi connectivity index (χ1v) is 6.67. The van der Waals surface area contributed by atoms with E-state index < -0.39 is 0 Å². The predicted molar refractivity (Wildman–Crippen MR) is 66.7 cm³/mol. The van der Waals surface area contributed by atoms with E-state index in [0.717, 1.165) is 0 Å². The third-order valence-corrected chi connectivity index (χ3v) is 4.09. The minimum absolute atomic E-state index is 0.588. The molecule has 1 atom stereocenters. The summed E-state index contributed by atoms with van der Waals surface area (Å²) in [7, 11) is 0. The molecule has 1 fully saturated rings. The lowest BCUT2D eigenvalue weighted by molar-refractivity contribution is 0.455. The summed E-state index contributed by atoms with van der Waals surface area (Å²) in [5, 5.41) is 5.62. The van der Waals surface area contributed by atoms with E-state index in [2.05, 4.69) is 44.8 Å². The van der Waals surface area contributed by atoms with Crippen molar-refractivity contribution in [1.29, 1.82) is 0 Å². The summed E-state index contributed by atoms with van der Waals surface area (Å²) in [6, 6.07) is 2.74. The zero-order chi connectivity index (χ0) is 9.80. The van der Waals surface area contributed by atoms with Crippen LogP contribution in [0.25, 0.3) is 6.08 Å². The highest BCUT2D eigenvalue weighted by Gasteiger charge is 2.08. The number of halogens is 1. The van der Waals surface area contributed by atoms with Crippen molar-refractivity contribution in [2.45, 2.75) is 25.3 Å². The molecule has 0 radical (unpaired) electrons. The molecule has 1 aromatic heterocycles. The molecule has 1 aromatic rings. The average Bonchev–Trinajstić information content (AvgIpc) is 2.63. The molecule has 0 amide bonds. The number of nitrogens with one attached hydrogen (secondary N) is 1. The standard InChI is InChI=1S/C11H14BrNS/c12-9-7-11(14-8-9)5-4-10-3-1-2-6-13-10/h4-5,7-8,10,13H,1-3,6H2/b5-4+. The van der Waals surface area contributed by atoms with Gasteiger partial charge in [-0.25, -0.2) is 0 Å². The molecule has 1 unspecified atom stereocenters. The van der Waals surface area contributed by atoms with Gasteiger partial charge in [0.15, 0.2) is 0 Å². The van der Waals surface area contributed by atoms with Crippen LogP contribution in [0, 0.1) is 0 Å². The van der Waals surface area contributed by atoms with Crippen LogP contribution in [0.15, 0.2) is 22.0 Å². The Morgan fingerprint density at radius 2 is 2.43 bits per heavy atom. The zero-order valence-corrected chi connectivity index (χ0v) is 10.4. The van der Waals surface area contributed by atoms with Gasteiger partial charge < -0.3 is 5.32 Å². The lowest BCUT2D eigenvalue weighted by atomic mass is 10.0. The Morgan fingerprint density at radius 1 is 1.50 bits per heavy atom. The van der Waals surface area contributed by atoms with Crippen LogP contribution >= 0.6 is 27.3 Å². The molecule has 14 heavy (non-hydrogen) atoms. The maximum Gasteiger partial charge on any atom is 0.0288 e. The van der Waals surface area contributed by atoms with Gasteiger partial charge in [0.05, 0.1) is 0 Å². The molecule has 0 spiro atoms. The van der Waals surface area contributed by atoms with Gasteiger partial charge in [0.25, 0.3) is 0 Å². The highest BCUT2D eigenvalue weighted by Crippen LogP contribution is 2.21. The topological polar surface area (TPSA) is 12.0 Å². The molecule has 76 valence electrons. The molecule has 0 aromatic carbocycles. The summed E-state index contributed by atoms with van der Waals surface area (Å²) in [4.78, 5) is 1.32. The number of thiophene rings is 1. The van der Waals surface area contributed by atoms with Crippen LogP contribution < -0.4 is 5.32 Å². The summed E-state index contributed by atoms with van der Waals surface area (Å²) in [6.45, 7) is 1.17. The zero-order valence-electron chi connectivity index (χ0n) is 8.00. The molecular weight excluding hydrogens is 258 g/mol. The largest absolute Gasteiger partial charge is 0.311 e. The molecule has 1 aliphatic heterocycles. The third kappa shape index (κ3) is 2.94. The van der Waals surface area contributed by atoms with Crippen LogP contribution in [0.4, 0.5) is 0 Å². The van der Waals surface area contributed by atoms with E-state index in [1.54, 1.807) is 11.3 Å². The Morgan fingerprint density at radius 3 is 3.07 bits per heavy atom. The van der Waals surface area contributed by atoms with Gasteiger partial charge in [-0.15, -0.1) is 11.3 Å². The van der Waals surface area contributed by atoms with Gasteiger partial charge in [-0.05, 0) is 47.5 Å². The molecule has 0 saturated carbocycles. The molecule has 0 aliphatic carbocycles. The normalized spacial score (nSPS) is 23.1. The summed E-state index contributed by atoms with van der Waals surface area (Å²) in [6.07, 6.45) is 8.48. The van der Waals surface area contributed by atoms with Gasteiger partial charge in [-0.3, -0.25) is 0 Å². The second kappa shape index (κ2) is 5.10. The average molecular weight is 272 g/mol. The van der Waals surface area contributed by atoms with Crippen molar-refractivity contribution in [3.05, 3.63) is 26.9 Å². The number of hydrogen-bond donors (Lipinski definition) is 1. The molecule has 2 rings (SSSR count). The van der Waals surface area contributed by atoms with Crippen molar-refractivity contribution >= 4 is 33.3 Å². The van der Waals surface area contributed by atoms with Crippen molar-refractivity contribution in [1.82, 2.24) is 5.32 Å². The van der Waals surface area contributed by atoms with Crippen LogP contribution in [-0.4, -0.2) is 12.6 Å². The Kier molecular flexibility index (Phi) is 3.79. The Labute approximate surface area is 97.3 Å². The monoisotopic (exact) mass is 271 g/mol. The summed E-state index contributed by atoms with van der Waals surface area (Å²) >= 11 is 5.24. The molecule has 0 bridgehead atoms. The number of piperidine rings is 1. The van der Waals surface area contributed by atoms with Gasteiger partial charge in [0.1, 0.15) is 0 Å². The van der Waals surface area contributed by atoms with E-state index >= 15 is 0 Å². The van der Waals surface area contributed by atoms with E-state index in [9.17, 15) is 0 Å². The second-order valence-corrected chi connectivity index (χ2v) is 5.44. The molecule has 3 heteroatoms. The molecule has 1 saturated heterocycles. The fourth-order valence-corrected chi connectivity index (χ4v) is 3.02. The lowest BCUT2D eigenvalue weighted by Gasteiger charge is -2.19. The maximum atomic E-state index is 3.50. The fraction of sp³-hybridized carbons (Fsp3) is 0.455. The number of hydrogen-bond acceptors (Lipinski definition) is 2. The smallest absolute Gasteiger partial charge is 0.0288 e. The SMILES string of the molecule is Brc1csc(/C=C/C2CCCCN2)c1. The minimum atomic E-state index is 0.588. The number of rotatable bonds is 2. The van der Waals surface area contributed by atoms with Crippen LogP contribution in [0.1, 0.15) is 24.1 Å². The predicted octanol–water partition coefficient (Wildman–Crippen LogP) is 3.67. The Hall–Kier alpha value is -0.120. The summed E-state index contributed by atoms with van der Waals surface area (Å²) in [5.41, 5.74) is 0. The molecule has 1 N–H and O–H groups in total. The molecule has 1 aliphatic rings. The Bertz CT molecular complexity index is 313. The van der Waals surface area contributed by atoms with Gasteiger partial charge in [-0.2, -0.15) is 0 Å². The third-order valence-electron chi connectivity index (χ3n) is 2.43. The summed E-state index contributed by atoms with van der Waals surface area (Å²) in [5.74, 6) is 0. The minimum Gasteiger partial charge on any atom is -0.311 e. The highest BCUT2D eigenvalue weighted by molar-refractivity contribution is 9.10. The molecule has 2 heterocycles. The van der Waals surface area contributed by atoms with Crippen LogP contribution in [0.3, 0.4) is 0 Å². The van der Waals surface area contributed by atoms with Crippen LogP contribution in [-0.2, 0) is 0 Å². The van der Waals surface area contributed by atoms with Gasteiger partial charge in [0, 0.05) is 20.8 Å². The molecule has 1 nitrogen and oxygen atoms in total. The maximum absolute atomic E-state index is 3.50. The molecular formula is C11H14BrNS. The summed E-state index contributed by atoms with van der Waals surface area (Å²) < 4.78 is 1.18. The fourth-order valence-electron chi connectivity index (χ4n) is 1.67. The van der Waals surface area contributed by atoms with Crippen molar-refractivity contribution in [2.24, 2.45) is 0 Å².